The lowest BCUT2D eigenvalue weighted by Gasteiger charge is -2.24. The number of likely N-dealkylation sites (tertiary alicyclic amines) is 1. The van der Waals surface area contributed by atoms with Gasteiger partial charge in [0.1, 0.15) is 0 Å². The van der Waals surface area contributed by atoms with Gasteiger partial charge < -0.3 is 10.0 Å². The first-order valence-electron chi connectivity index (χ1n) is 7.50. The van der Waals surface area contributed by atoms with Crippen LogP contribution in [0.1, 0.15) is 26.7 Å². The summed E-state index contributed by atoms with van der Waals surface area (Å²) in [5, 5.41) is 8.95. The largest absolute Gasteiger partial charge is 0.481 e. The van der Waals surface area contributed by atoms with E-state index in [1.54, 1.807) is 4.90 Å². The molecule has 0 bridgehead atoms. The van der Waals surface area contributed by atoms with Gasteiger partial charge in [-0.1, -0.05) is 13.8 Å². The molecule has 0 unspecified atom stereocenters. The molecule has 2 atom stereocenters. The number of carboxylic acid groups (broad SMARTS) is 1. The number of rotatable bonds is 7. The Bertz CT molecular complexity index is 401. The number of alkyl halides is 3. The number of hydrogen-bond donors (Lipinski definition) is 1. The van der Waals surface area contributed by atoms with Crippen LogP contribution in [-0.2, 0) is 9.59 Å². The van der Waals surface area contributed by atoms with Crippen molar-refractivity contribution in [1.82, 2.24) is 9.80 Å². The molecule has 1 rings (SSSR count). The van der Waals surface area contributed by atoms with Crippen LogP contribution in [0, 0.1) is 11.8 Å². The van der Waals surface area contributed by atoms with Crippen LogP contribution in [0.15, 0.2) is 0 Å². The molecule has 1 aliphatic heterocycles. The fourth-order valence-corrected chi connectivity index (χ4v) is 2.79. The summed E-state index contributed by atoms with van der Waals surface area (Å²) in [6.45, 7) is 4.14. The van der Waals surface area contributed by atoms with Gasteiger partial charge in [-0.05, 0) is 12.8 Å². The van der Waals surface area contributed by atoms with Gasteiger partial charge in [0.25, 0.3) is 0 Å². The molecule has 1 aliphatic rings. The first kappa shape index (κ1) is 22.0. The molecule has 9 heteroatoms. The summed E-state index contributed by atoms with van der Waals surface area (Å²) >= 11 is 0. The number of nitrogens with zero attached hydrogens (tertiary/aromatic N) is 2. The molecular weight excluding hydrogens is 337 g/mol. The van der Waals surface area contributed by atoms with Gasteiger partial charge in [0, 0.05) is 26.2 Å². The van der Waals surface area contributed by atoms with E-state index in [1.165, 1.54) is 4.90 Å². The number of carbonyl (C=O) groups is 2. The number of aliphatic carboxylic acids is 1. The summed E-state index contributed by atoms with van der Waals surface area (Å²) in [6.07, 6.45) is -3.02. The Hall–Kier alpha value is -1.02. The van der Waals surface area contributed by atoms with E-state index < -0.39 is 30.5 Å². The van der Waals surface area contributed by atoms with Gasteiger partial charge in [0.2, 0.25) is 5.91 Å². The Balaban J connectivity index is 0.00000484. The average molecular weight is 361 g/mol. The maximum absolute atomic E-state index is 12.9. The molecule has 5 nitrogen and oxygen atoms in total. The lowest BCUT2D eigenvalue weighted by Crippen LogP contribution is -2.41. The van der Waals surface area contributed by atoms with Crippen molar-refractivity contribution in [2.75, 3.05) is 32.7 Å². The second-order valence-electron chi connectivity index (χ2n) is 5.67. The van der Waals surface area contributed by atoms with Crippen molar-refractivity contribution < 1.29 is 27.9 Å². The lowest BCUT2D eigenvalue weighted by atomic mass is 9.96. The molecule has 0 aliphatic carbocycles. The van der Waals surface area contributed by atoms with Crippen LogP contribution in [0.4, 0.5) is 13.2 Å². The molecule has 0 saturated carbocycles. The maximum Gasteiger partial charge on any atom is 0.393 e. The van der Waals surface area contributed by atoms with Crippen LogP contribution in [0.2, 0.25) is 0 Å². The van der Waals surface area contributed by atoms with Crippen LogP contribution >= 0.6 is 12.4 Å². The maximum atomic E-state index is 12.9. The molecule has 1 N–H and O–H groups in total. The first-order valence-corrected chi connectivity index (χ1v) is 7.50. The minimum absolute atomic E-state index is 0. The van der Waals surface area contributed by atoms with Crippen molar-refractivity contribution in [2.45, 2.75) is 32.9 Å². The predicted octanol–water partition coefficient (Wildman–Crippen LogP) is 2.25. The normalized spacial score (nSPS) is 21.8. The number of halogens is 4. The summed E-state index contributed by atoms with van der Waals surface area (Å²) in [5.41, 5.74) is 0. The van der Waals surface area contributed by atoms with E-state index in [1.807, 2.05) is 13.8 Å². The van der Waals surface area contributed by atoms with Gasteiger partial charge in [-0.3, -0.25) is 14.5 Å². The minimum atomic E-state index is -4.56. The highest BCUT2D eigenvalue weighted by atomic mass is 35.5. The number of carbonyl (C=O) groups excluding carboxylic acids is 1. The Labute approximate surface area is 140 Å². The number of carboxylic acids is 1. The molecule has 1 fully saturated rings. The summed E-state index contributed by atoms with van der Waals surface area (Å²) in [5.74, 6) is -5.12. The van der Waals surface area contributed by atoms with E-state index in [9.17, 15) is 22.8 Å². The van der Waals surface area contributed by atoms with Crippen LogP contribution in [0.5, 0.6) is 0 Å². The lowest BCUT2D eigenvalue weighted by molar-refractivity contribution is -0.188. The monoisotopic (exact) mass is 360 g/mol. The Morgan fingerprint density at radius 1 is 1.17 bits per heavy atom. The SMILES string of the molecule is CCCN(CCC)C(=O)CN1C[C@@H](C(F)(F)F)[C@H](C(=O)O)C1.Cl. The fraction of sp³-hybridized carbons (Fsp3) is 0.857. The van der Waals surface area contributed by atoms with Crippen LogP contribution in [0.3, 0.4) is 0 Å². The van der Waals surface area contributed by atoms with Crippen molar-refractivity contribution in [2.24, 2.45) is 11.8 Å². The van der Waals surface area contributed by atoms with Gasteiger partial charge in [-0.25, -0.2) is 0 Å². The molecule has 0 aromatic rings. The van der Waals surface area contributed by atoms with E-state index in [0.717, 1.165) is 12.8 Å². The second kappa shape index (κ2) is 9.32. The predicted molar refractivity (Wildman–Crippen MR) is 81.5 cm³/mol. The van der Waals surface area contributed by atoms with Gasteiger partial charge in [-0.15, -0.1) is 12.4 Å². The molecule has 1 saturated heterocycles. The van der Waals surface area contributed by atoms with Crippen molar-refractivity contribution in [3.05, 3.63) is 0 Å². The third-order valence-corrected chi connectivity index (χ3v) is 3.83. The van der Waals surface area contributed by atoms with Crippen molar-refractivity contribution in [3.63, 3.8) is 0 Å². The summed E-state index contributed by atoms with van der Waals surface area (Å²) in [6, 6.07) is 0. The molecular formula is C14H24ClF3N2O3. The minimum Gasteiger partial charge on any atom is -0.481 e. The zero-order chi connectivity index (χ0) is 16.9. The van der Waals surface area contributed by atoms with Gasteiger partial charge in [0.05, 0.1) is 18.4 Å². The van der Waals surface area contributed by atoms with Gasteiger partial charge in [0.15, 0.2) is 0 Å². The van der Waals surface area contributed by atoms with E-state index in [0.29, 0.717) is 13.1 Å². The van der Waals surface area contributed by atoms with E-state index in [-0.39, 0.29) is 31.4 Å². The summed E-state index contributed by atoms with van der Waals surface area (Å²) < 4.78 is 38.7. The average Bonchev–Trinajstić information content (AvgIpc) is 2.82. The molecule has 1 amide bonds. The molecule has 0 aromatic carbocycles. The Morgan fingerprint density at radius 2 is 1.70 bits per heavy atom. The van der Waals surface area contributed by atoms with Gasteiger partial charge in [-0.2, -0.15) is 13.2 Å². The Morgan fingerprint density at radius 3 is 2.04 bits per heavy atom. The third kappa shape index (κ3) is 6.18. The molecule has 136 valence electrons. The highest BCUT2D eigenvalue weighted by molar-refractivity contribution is 5.85. The highest BCUT2D eigenvalue weighted by Gasteiger charge is 2.52. The van der Waals surface area contributed by atoms with Crippen LogP contribution < -0.4 is 0 Å². The summed E-state index contributed by atoms with van der Waals surface area (Å²) in [7, 11) is 0. The van der Waals surface area contributed by atoms with Crippen LogP contribution in [-0.4, -0.2) is 65.7 Å². The second-order valence-corrected chi connectivity index (χ2v) is 5.67. The molecule has 0 aromatic heterocycles. The standard InChI is InChI=1S/C14H23F3N2O3.ClH/c1-3-5-19(6-4-2)12(20)9-18-7-10(13(21)22)11(8-18)14(15,16)17;/h10-11H,3-9H2,1-2H3,(H,21,22);1H/t10-,11-;/m1./s1. The number of amides is 1. The quantitative estimate of drug-likeness (QED) is 0.756. The van der Waals surface area contributed by atoms with Crippen molar-refractivity contribution in [3.8, 4) is 0 Å². The first-order chi connectivity index (χ1) is 10.2. The third-order valence-electron chi connectivity index (χ3n) is 3.83. The van der Waals surface area contributed by atoms with Crippen molar-refractivity contribution in [1.29, 1.82) is 0 Å². The van der Waals surface area contributed by atoms with E-state index >= 15 is 0 Å². The van der Waals surface area contributed by atoms with E-state index in [4.69, 9.17) is 5.11 Å². The molecule has 0 radical (unpaired) electrons. The van der Waals surface area contributed by atoms with E-state index in [2.05, 4.69) is 0 Å². The zero-order valence-electron chi connectivity index (χ0n) is 13.3. The Kier molecular flexibility index (Phi) is 8.90. The molecule has 0 spiro atoms. The number of hydrogen-bond acceptors (Lipinski definition) is 3. The smallest absolute Gasteiger partial charge is 0.393 e. The van der Waals surface area contributed by atoms with Crippen LogP contribution in [0.25, 0.3) is 0 Å². The highest BCUT2D eigenvalue weighted by Crippen LogP contribution is 2.37. The summed E-state index contributed by atoms with van der Waals surface area (Å²) in [4.78, 5) is 26.1. The zero-order valence-corrected chi connectivity index (χ0v) is 14.1. The molecule has 23 heavy (non-hydrogen) atoms. The topological polar surface area (TPSA) is 60.9 Å². The van der Waals surface area contributed by atoms with Gasteiger partial charge >= 0.3 is 12.1 Å². The molecule has 1 heterocycles. The van der Waals surface area contributed by atoms with Crippen molar-refractivity contribution >= 4 is 24.3 Å². The fourth-order valence-electron chi connectivity index (χ4n) is 2.79.